The highest BCUT2D eigenvalue weighted by atomic mass is 32.2. The van der Waals surface area contributed by atoms with Gasteiger partial charge in [0.1, 0.15) is 12.7 Å². The largest absolute Gasteiger partial charge is 0.325 e. The second-order valence-corrected chi connectivity index (χ2v) is 7.17. The Morgan fingerprint density at radius 3 is 2.91 bits per heavy atom. The third-order valence-corrected chi connectivity index (χ3v) is 5.43. The maximum atomic E-state index is 12.2. The summed E-state index contributed by atoms with van der Waals surface area (Å²) in [5.74, 6) is 0.0598. The van der Waals surface area contributed by atoms with Gasteiger partial charge < -0.3 is 5.32 Å². The van der Waals surface area contributed by atoms with Crippen molar-refractivity contribution in [2.45, 2.75) is 55.2 Å². The Morgan fingerprint density at radius 2 is 2.13 bits per heavy atom. The van der Waals surface area contributed by atoms with Crippen LogP contribution in [0.5, 0.6) is 0 Å². The first-order chi connectivity index (χ1) is 11.3. The molecule has 0 radical (unpaired) electrons. The van der Waals surface area contributed by atoms with E-state index in [1.54, 1.807) is 11.0 Å². The van der Waals surface area contributed by atoms with Crippen LogP contribution in [0.3, 0.4) is 0 Å². The van der Waals surface area contributed by atoms with Crippen LogP contribution in [0.15, 0.2) is 41.8 Å². The fourth-order valence-electron chi connectivity index (χ4n) is 2.82. The summed E-state index contributed by atoms with van der Waals surface area (Å²) in [4.78, 5) is 17.2. The molecule has 1 amide bonds. The monoisotopic (exact) mass is 330 g/mol. The van der Waals surface area contributed by atoms with Crippen LogP contribution in [0.25, 0.3) is 0 Å². The van der Waals surface area contributed by atoms with Gasteiger partial charge in [0.05, 0.1) is 5.69 Å². The van der Waals surface area contributed by atoms with E-state index in [4.69, 9.17) is 0 Å². The van der Waals surface area contributed by atoms with Crippen LogP contribution >= 0.6 is 11.8 Å². The minimum Gasteiger partial charge on any atom is -0.325 e. The number of hydrogen-bond donors (Lipinski definition) is 1. The molecule has 5 nitrogen and oxygen atoms in total. The Morgan fingerprint density at radius 1 is 1.30 bits per heavy atom. The minimum atomic E-state index is 0.0598. The number of hydrogen-bond acceptors (Lipinski definition) is 4. The van der Waals surface area contributed by atoms with E-state index >= 15 is 0 Å². The second kappa shape index (κ2) is 8.15. The number of nitrogens with one attached hydrogen (secondary N) is 1. The van der Waals surface area contributed by atoms with E-state index in [9.17, 15) is 4.79 Å². The smallest absolute Gasteiger partial charge is 0.224 e. The molecular weight excluding hydrogens is 308 g/mol. The standard InChI is InChI=1S/C17H22N4OS/c22-17(10-5-11-21-13-18-12-19-21)20-15-8-3-4-9-16(15)23-14-6-1-2-7-14/h3-4,8-9,12-14H,1-2,5-7,10-11H2,(H,20,22). The van der Waals surface area contributed by atoms with E-state index in [1.807, 2.05) is 30.0 Å². The molecule has 1 N–H and O–H groups in total. The molecule has 0 atom stereocenters. The minimum absolute atomic E-state index is 0.0598. The lowest BCUT2D eigenvalue weighted by Crippen LogP contribution is -2.13. The number of amides is 1. The van der Waals surface area contributed by atoms with Gasteiger partial charge in [0.2, 0.25) is 5.91 Å². The van der Waals surface area contributed by atoms with Crippen LogP contribution in [-0.2, 0) is 11.3 Å². The summed E-state index contributed by atoms with van der Waals surface area (Å²) >= 11 is 1.90. The summed E-state index contributed by atoms with van der Waals surface area (Å²) in [6.07, 6.45) is 9.65. The van der Waals surface area contributed by atoms with Crippen molar-refractivity contribution in [1.82, 2.24) is 14.8 Å². The first-order valence-electron chi connectivity index (χ1n) is 8.19. The predicted octanol–water partition coefficient (Wildman–Crippen LogP) is 3.73. The summed E-state index contributed by atoms with van der Waals surface area (Å²) < 4.78 is 1.75. The van der Waals surface area contributed by atoms with Gasteiger partial charge in [-0.05, 0) is 31.4 Å². The van der Waals surface area contributed by atoms with Crippen LogP contribution in [0, 0.1) is 0 Å². The molecule has 1 saturated carbocycles. The highest BCUT2D eigenvalue weighted by Gasteiger charge is 2.18. The molecule has 0 unspecified atom stereocenters. The van der Waals surface area contributed by atoms with Crippen LogP contribution < -0.4 is 5.32 Å². The third-order valence-electron chi connectivity index (χ3n) is 4.01. The topological polar surface area (TPSA) is 59.8 Å². The molecule has 1 aromatic carbocycles. The average molecular weight is 330 g/mol. The molecule has 1 aliphatic rings. The van der Waals surface area contributed by atoms with Crippen molar-refractivity contribution in [3.05, 3.63) is 36.9 Å². The molecule has 1 heterocycles. The number of para-hydroxylation sites is 1. The van der Waals surface area contributed by atoms with Crippen LogP contribution in [0.1, 0.15) is 38.5 Å². The number of anilines is 1. The first-order valence-corrected chi connectivity index (χ1v) is 9.07. The SMILES string of the molecule is O=C(CCCn1cncn1)Nc1ccccc1SC1CCCC1. The van der Waals surface area contributed by atoms with E-state index < -0.39 is 0 Å². The number of aromatic nitrogens is 3. The zero-order chi connectivity index (χ0) is 15.9. The molecule has 122 valence electrons. The van der Waals surface area contributed by atoms with E-state index in [2.05, 4.69) is 21.5 Å². The lowest BCUT2D eigenvalue weighted by Gasteiger charge is -2.14. The molecule has 3 rings (SSSR count). The van der Waals surface area contributed by atoms with Crippen molar-refractivity contribution in [3.63, 3.8) is 0 Å². The van der Waals surface area contributed by atoms with E-state index in [-0.39, 0.29) is 5.91 Å². The quantitative estimate of drug-likeness (QED) is 0.840. The Hall–Kier alpha value is -1.82. The first kappa shape index (κ1) is 16.1. The summed E-state index contributed by atoms with van der Waals surface area (Å²) in [7, 11) is 0. The molecule has 1 aliphatic carbocycles. The maximum absolute atomic E-state index is 12.2. The highest BCUT2D eigenvalue weighted by molar-refractivity contribution is 8.00. The Labute approximate surface area is 140 Å². The van der Waals surface area contributed by atoms with E-state index in [1.165, 1.54) is 36.9 Å². The van der Waals surface area contributed by atoms with Crippen molar-refractivity contribution in [1.29, 1.82) is 0 Å². The zero-order valence-electron chi connectivity index (χ0n) is 13.1. The van der Waals surface area contributed by atoms with Gasteiger partial charge in [0.25, 0.3) is 0 Å². The summed E-state index contributed by atoms with van der Waals surface area (Å²) in [6.45, 7) is 0.714. The van der Waals surface area contributed by atoms with Gasteiger partial charge in [-0.25, -0.2) is 4.98 Å². The highest BCUT2D eigenvalue weighted by Crippen LogP contribution is 2.38. The van der Waals surface area contributed by atoms with Crippen molar-refractivity contribution < 1.29 is 4.79 Å². The molecule has 1 aromatic heterocycles. The Bertz CT molecular complexity index is 623. The molecule has 1 fully saturated rings. The molecule has 0 spiro atoms. The fraction of sp³-hybridized carbons (Fsp3) is 0.471. The van der Waals surface area contributed by atoms with Crippen LogP contribution in [0.4, 0.5) is 5.69 Å². The molecule has 2 aromatic rings. The Balaban J connectivity index is 1.51. The maximum Gasteiger partial charge on any atom is 0.224 e. The number of carbonyl (C=O) groups excluding carboxylic acids is 1. The van der Waals surface area contributed by atoms with Crippen molar-refractivity contribution in [2.75, 3.05) is 5.32 Å². The van der Waals surface area contributed by atoms with Gasteiger partial charge in [0.15, 0.2) is 0 Å². The van der Waals surface area contributed by atoms with Gasteiger partial charge in [-0.3, -0.25) is 9.48 Å². The molecule has 0 bridgehead atoms. The number of aryl methyl sites for hydroxylation is 1. The van der Waals surface area contributed by atoms with Crippen molar-refractivity contribution in [2.24, 2.45) is 0 Å². The second-order valence-electron chi connectivity index (χ2n) is 5.83. The fourth-order valence-corrected chi connectivity index (χ4v) is 4.15. The third kappa shape index (κ3) is 4.82. The molecule has 23 heavy (non-hydrogen) atoms. The Kier molecular flexibility index (Phi) is 5.69. The average Bonchev–Trinajstić information content (AvgIpc) is 3.23. The zero-order valence-corrected chi connectivity index (χ0v) is 14.0. The van der Waals surface area contributed by atoms with Gasteiger partial charge >= 0.3 is 0 Å². The van der Waals surface area contributed by atoms with Gasteiger partial charge in [-0.15, -0.1) is 11.8 Å². The number of benzene rings is 1. The lowest BCUT2D eigenvalue weighted by molar-refractivity contribution is -0.116. The summed E-state index contributed by atoms with van der Waals surface area (Å²) in [5, 5.41) is 7.79. The number of rotatable bonds is 7. The van der Waals surface area contributed by atoms with Crippen molar-refractivity contribution in [3.8, 4) is 0 Å². The normalized spacial score (nSPS) is 15.0. The van der Waals surface area contributed by atoms with Gasteiger partial charge in [0, 0.05) is 23.1 Å². The van der Waals surface area contributed by atoms with Gasteiger partial charge in [-0.1, -0.05) is 25.0 Å². The van der Waals surface area contributed by atoms with Crippen LogP contribution in [-0.4, -0.2) is 25.9 Å². The predicted molar refractivity (Wildman–Crippen MR) is 92.4 cm³/mol. The van der Waals surface area contributed by atoms with E-state index in [0.29, 0.717) is 18.2 Å². The van der Waals surface area contributed by atoms with Gasteiger partial charge in [-0.2, -0.15) is 5.10 Å². The van der Waals surface area contributed by atoms with E-state index in [0.717, 1.165) is 12.1 Å². The van der Waals surface area contributed by atoms with Crippen LogP contribution in [0.2, 0.25) is 0 Å². The summed E-state index contributed by atoms with van der Waals surface area (Å²) in [5.41, 5.74) is 0.940. The number of nitrogens with zero attached hydrogens (tertiary/aromatic N) is 3. The molecular formula is C17H22N4OS. The summed E-state index contributed by atoms with van der Waals surface area (Å²) in [6, 6.07) is 8.11. The van der Waals surface area contributed by atoms with Crippen molar-refractivity contribution >= 4 is 23.4 Å². The number of thioether (sulfide) groups is 1. The lowest BCUT2D eigenvalue weighted by atomic mass is 10.2. The molecule has 0 saturated heterocycles. The number of carbonyl (C=O) groups is 1. The molecule has 6 heteroatoms. The molecule has 0 aliphatic heterocycles.